The summed E-state index contributed by atoms with van der Waals surface area (Å²) in [5, 5.41) is 7.04. The molecule has 3 atom stereocenters. The molecular formula is C23H35N5O4S. The van der Waals surface area contributed by atoms with E-state index >= 15 is 0 Å². The molecule has 33 heavy (non-hydrogen) atoms. The van der Waals surface area contributed by atoms with Gasteiger partial charge in [0.25, 0.3) is 16.1 Å². The zero-order valence-electron chi connectivity index (χ0n) is 19.2. The number of fused-ring (bicyclic) bond motifs is 2. The fourth-order valence-corrected chi connectivity index (χ4v) is 8.60. The lowest BCUT2D eigenvalue weighted by atomic mass is 9.99. The van der Waals surface area contributed by atoms with Crippen LogP contribution in [0.2, 0.25) is 0 Å². The molecule has 1 aliphatic carbocycles. The monoisotopic (exact) mass is 477 g/mol. The molecule has 2 bridgehead atoms. The normalized spacial score (nSPS) is 32.4. The van der Waals surface area contributed by atoms with Crippen LogP contribution >= 0.6 is 0 Å². The van der Waals surface area contributed by atoms with Crippen LogP contribution in [0.5, 0.6) is 0 Å². The topological polar surface area (TPSA) is 99.0 Å². The molecule has 1 aromatic heterocycles. The Kier molecular flexibility index (Phi) is 5.75. The lowest BCUT2D eigenvalue weighted by Gasteiger charge is -2.43. The van der Waals surface area contributed by atoms with E-state index < -0.39 is 10.2 Å². The summed E-state index contributed by atoms with van der Waals surface area (Å²) in [6.45, 7) is 3.57. The van der Waals surface area contributed by atoms with Crippen molar-refractivity contribution >= 4 is 16.1 Å². The first-order valence-corrected chi connectivity index (χ1v) is 14.2. The maximum atomic E-state index is 13.6. The molecule has 5 aliphatic rings. The fraction of sp³-hybridized carbons (Fsp3) is 0.826. The van der Waals surface area contributed by atoms with Crippen LogP contribution in [-0.2, 0) is 10.2 Å². The summed E-state index contributed by atoms with van der Waals surface area (Å²) >= 11 is 0. The Labute approximate surface area is 196 Å². The van der Waals surface area contributed by atoms with Crippen molar-refractivity contribution in [3.8, 4) is 0 Å². The van der Waals surface area contributed by atoms with Crippen molar-refractivity contribution in [1.29, 1.82) is 0 Å². The molecule has 5 fully saturated rings. The Morgan fingerprint density at radius 2 is 1.61 bits per heavy atom. The highest BCUT2D eigenvalue weighted by atomic mass is 32.2. The van der Waals surface area contributed by atoms with E-state index in [0.29, 0.717) is 43.6 Å². The number of nitrogens with one attached hydrogen (secondary N) is 1. The summed E-state index contributed by atoms with van der Waals surface area (Å²) in [6.07, 6.45) is 9.68. The van der Waals surface area contributed by atoms with Crippen molar-refractivity contribution in [3.63, 3.8) is 0 Å². The first-order valence-electron chi connectivity index (χ1n) is 12.8. The van der Waals surface area contributed by atoms with Gasteiger partial charge in [0.2, 0.25) is 0 Å². The van der Waals surface area contributed by atoms with Gasteiger partial charge in [0.1, 0.15) is 5.76 Å². The summed E-state index contributed by atoms with van der Waals surface area (Å²) in [6, 6.07) is 2.20. The first kappa shape index (κ1) is 22.0. The number of carbonyl (C=O) groups excluding carboxylic acids is 1. The Morgan fingerprint density at radius 1 is 0.939 bits per heavy atom. The van der Waals surface area contributed by atoms with Crippen molar-refractivity contribution in [2.45, 2.75) is 94.3 Å². The van der Waals surface area contributed by atoms with Crippen molar-refractivity contribution in [1.82, 2.24) is 24.0 Å². The number of carbonyl (C=O) groups is 1. The van der Waals surface area contributed by atoms with Crippen LogP contribution in [0.4, 0.5) is 0 Å². The molecule has 0 aromatic carbocycles. The average Bonchev–Trinajstić information content (AvgIpc) is 3.21. The molecule has 1 aromatic rings. The number of aromatic nitrogens is 1. The minimum atomic E-state index is -3.46. The molecule has 5 heterocycles. The van der Waals surface area contributed by atoms with Crippen LogP contribution in [0.15, 0.2) is 10.6 Å². The molecule has 1 saturated carbocycles. The predicted molar refractivity (Wildman–Crippen MR) is 122 cm³/mol. The van der Waals surface area contributed by atoms with Crippen LogP contribution in [0, 0.1) is 0 Å². The number of hydrogen-bond acceptors (Lipinski definition) is 6. The van der Waals surface area contributed by atoms with E-state index in [-0.39, 0.29) is 24.0 Å². The van der Waals surface area contributed by atoms with Gasteiger partial charge in [-0.25, -0.2) is 0 Å². The summed E-state index contributed by atoms with van der Waals surface area (Å²) in [7, 11) is -3.46. The lowest BCUT2D eigenvalue weighted by molar-refractivity contribution is 0.0896. The summed E-state index contributed by atoms with van der Waals surface area (Å²) < 4.78 is 36.0. The van der Waals surface area contributed by atoms with Gasteiger partial charge in [0.05, 0.1) is 0 Å². The minimum absolute atomic E-state index is 0.0246. The molecular weight excluding hydrogens is 442 g/mol. The van der Waals surface area contributed by atoms with Gasteiger partial charge in [0.15, 0.2) is 5.69 Å². The van der Waals surface area contributed by atoms with Gasteiger partial charge in [0, 0.05) is 49.2 Å². The minimum Gasteiger partial charge on any atom is -0.360 e. The molecule has 4 aliphatic heterocycles. The third-order valence-electron chi connectivity index (χ3n) is 8.42. The smallest absolute Gasteiger partial charge is 0.282 e. The zero-order chi connectivity index (χ0) is 22.6. The van der Waals surface area contributed by atoms with Crippen LogP contribution in [-0.4, -0.2) is 83.3 Å². The van der Waals surface area contributed by atoms with Gasteiger partial charge < -0.3 is 14.7 Å². The molecule has 182 valence electrons. The number of likely N-dealkylation sites (tertiary alicyclic amines) is 1. The van der Waals surface area contributed by atoms with E-state index in [1.165, 1.54) is 12.8 Å². The summed E-state index contributed by atoms with van der Waals surface area (Å²) in [4.78, 5) is 15.2. The highest BCUT2D eigenvalue weighted by molar-refractivity contribution is 7.86. The predicted octanol–water partition coefficient (Wildman–Crippen LogP) is 2.08. The summed E-state index contributed by atoms with van der Waals surface area (Å²) in [5.41, 5.74) is 0.333. The van der Waals surface area contributed by atoms with E-state index in [4.69, 9.17) is 4.52 Å². The second-order valence-electron chi connectivity index (χ2n) is 10.6. The maximum absolute atomic E-state index is 13.6. The van der Waals surface area contributed by atoms with E-state index in [1.54, 1.807) is 14.7 Å². The third-order valence-corrected chi connectivity index (χ3v) is 10.6. The van der Waals surface area contributed by atoms with Crippen molar-refractivity contribution in [2.75, 3.05) is 26.2 Å². The van der Waals surface area contributed by atoms with Gasteiger partial charge in [-0.3, -0.25) is 4.79 Å². The quantitative estimate of drug-likeness (QED) is 0.674. The Bertz CT molecular complexity index is 965. The van der Waals surface area contributed by atoms with Crippen LogP contribution in [0.3, 0.4) is 0 Å². The number of piperidine rings is 2. The van der Waals surface area contributed by atoms with E-state index in [2.05, 4.69) is 15.4 Å². The largest absolute Gasteiger partial charge is 0.360 e. The van der Waals surface area contributed by atoms with Crippen LogP contribution < -0.4 is 5.32 Å². The third kappa shape index (κ3) is 4.24. The Morgan fingerprint density at radius 3 is 2.24 bits per heavy atom. The number of rotatable bonds is 6. The second-order valence-corrected chi connectivity index (χ2v) is 12.5. The zero-order valence-corrected chi connectivity index (χ0v) is 20.0. The first-order chi connectivity index (χ1) is 16.0. The Balaban J connectivity index is 1.06. The van der Waals surface area contributed by atoms with Crippen molar-refractivity contribution in [2.24, 2.45) is 0 Å². The summed E-state index contributed by atoms with van der Waals surface area (Å²) in [5.74, 6) is 1.01. The van der Waals surface area contributed by atoms with E-state index in [1.807, 2.05) is 0 Å². The van der Waals surface area contributed by atoms with Gasteiger partial charge in [-0.05, 0) is 77.3 Å². The number of hydrogen-bond donors (Lipinski definition) is 1. The Hall–Kier alpha value is -1.49. The lowest BCUT2D eigenvalue weighted by Crippen LogP contribution is -2.57. The maximum Gasteiger partial charge on any atom is 0.282 e. The fourth-order valence-electron chi connectivity index (χ4n) is 6.52. The highest BCUT2D eigenvalue weighted by Gasteiger charge is 2.49. The van der Waals surface area contributed by atoms with Crippen LogP contribution in [0.1, 0.15) is 86.4 Å². The van der Waals surface area contributed by atoms with Crippen molar-refractivity contribution < 1.29 is 17.7 Å². The van der Waals surface area contributed by atoms with Gasteiger partial charge >= 0.3 is 0 Å². The van der Waals surface area contributed by atoms with Crippen LogP contribution in [0.25, 0.3) is 0 Å². The number of amides is 1. The highest BCUT2D eigenvalue weighted by Crippen LogP contribution is 2.41. The van der Waals surface area contributed by atoms with Crippen molar-refractivity contribution in [3.05, 3.63) is 17.5 Å². The molecule has 1 N–H and O–H groups in total. The molecule has 9 nitrogen and oxygen atoms in total. The molecule has 6 rings (SSSR count). The van der Waals surface area contributed by atoms with E-state index in [9.17, 15) is 13.2 Å². The second kappa shape index (κ2) is 8.62. The van der Waals surface area contributed by atoms with Gasteiger partial charge in [-0.2, -0.15) is 17.0 Å². The molecule has 10 heteroatoms. The van der Waals surface area contributed by atoms with Gasteiger partial charge in [-0.15, -0.1) is 0 Å². The molecule has 4 saturated heterocycles. The molecule has 1 unspecified atom stereocenters. The average molecular weight is 478 g/mol. The molecule has 1 amide bonds. The van der Waals surface area contributed by atoms with E-state index in [0.717, 1.165) is 57.4 Å². The SMILES string of the molecule is O=C(NC1C[C@H]2CC[C@@H](C1)N2S(=O)(=O)N1CCC(N2CCCC2)CC1)c1cc(C2CC2)on1. The number of nitrogens with zero attached hydrogens (tertiary/aromatic N) is 4. The van der Waals surface area contributed by atoms with Gasteiger partial charge in [-0.1, -0.05) is 5.16 Å². The molecule has 0 spiro atoms. The standard InChI is InChI=1S/C23H35N5O4S/c29-23(21-15-22(32-25-21)16-3-4-16)24-17-13-19-5-6-20(14-17)28(19)33(30,31)27-11-7-18(8-12-27)26-9-1-2-10-26/h15-20H,1-14H2,(H,24,29)/t17?,19-,20+. The molecule has 0 radical (unpaired) electrons.